The zero-order chi connectivity index (χ0) is 12.4. The van der Waals surface area contributed by atoms with E-state index in [4.69, 9.17) is 0 Å². The molecule has 92 valence electrons. The van der Waals surface area contributed by atoms with Crippen LogP contribution in [0.25, 0.3) is 0 Å². The van der Waals surface area contributed by atoms with Crippen LogP contribution in [0.4, 0.5) is 4.39 Å². The van der Waals surface area contributed by atoms with E-state index in [1.807, 2.05) is 0 Å². The van der Waals surface area contributed by atoms with Crippen LogP contribution in [0.5, 0.6) is 0 Å². The first-order chi connectivity index (χ1) is 8.09. The second-order valence-corrected chi connectivity index (χ2v) is 4.93. The first kappa shape index (κ1) is 12.1. The monoisotopic (exact) mass is 235 g/mol. The molecule has 1 heterocycles. The Bertz CT molecular complexity index is 410. The van der Waals surface area contributed by atoms with Crippen molar-refractivity contribution in [1.82, 2.24) is 4.90 Å². The molecule has 1 aliphatic rings. The number of rotatable bonds is 1. The number of aryl methyl sites for hydroxylation is 1. The average Bonchev–Trinajstić information content (AvgIpc) is 2.28. The summed E-state index contributed by atoms with van der Waals surface area (Å²) in [4.78, 5) is 14.1. The number of hydrogen-bond acceptors (Lipinski definition) is 1. The number of nitrogens with zero attached hydrogens (tertiary/aromatic N) is 1. The molecule has 1 aliphatic heterocycles. The largest absolute Gasteiger partial charge is 0.338 e. The quantitative estimate of drug-likeness (QED) is 0.732. The van der Waals surface area contributed by atoms with Gasteiger partial charge in [-0.3, -0.25) is 4.79 Å². The minimum atomic E-state index is -0.409. The van der Waals surface area contributed by atoms with E-state index in [1.54, 1.807) is 24.0 Å². The molecule has 0 unspecified atom stereocenters. The Kier molecular flexibility index (Phi) is 3.46. The molecule has 1 amide bonds. The van der Waals surface area contributed by atoms with Crippen molar-refractivity contribution in [1.29, 1.82) is 0 Å². The molecule has 1 aromatic carbocycles. The Morgan fingerprint density at radius 3 is 2.88 bits per heavy atom. The Balaban J connectivity index is 2.24. The van der Waals surface area contributed by atoms with Crippen molar-refractivity contribution in [2.75, 3.05) is 13.1 Å². The number of likely N-dealkylation sites (tertiary alicyclic amines) is 1. The summed E-state index contributed by atoms with van der Waals surface area (Å²) in [6.45, 7) is 5.40. The average molecular weight is 235 g/mol. The van der Waals surface area contributed by atoms with Gasteiger partial charge in [-0.05, 0) is 37.3 Å². The molecule has 0 saturated carbocycles. The van der Waals surface area contributed by atoms with Crippen molar-refractivity contribution < 1.29 is 9.18 Å². The Labute approximate surface area is 101 Å². The number of piperidine rings is 1. The second kappa shape index (κ2) is 4.86. The smallest absolute Gasteiger partial charge is 0.257 e. The summed E-state index contributed by atoms with van der Waals surface area (Å²) >= 11 is 0. The summed E-state index contributed by atoms with van der Waals surface area (Å²) in [6.07, 6.45) is 2.17. The summed E-state index contributed by atoms with van der Waals surface area (Å²) in [5.74, 6) is -0.0554. The van der Waals surface area contributed by atoms with Gasteiger partial charge in [0.05, 0.1) is 5.56 Å². The van der Waals surface area contributed by atoms with E-state index in [1.165, 1.54) is 6.07 Å². The number of carbonyl (C=O) groups is 1. The predicted molar refractivity (Wildman–Crippen MR) is 65.4 cm³/mol. The summed E-state index contributed by atoms with van der Waals surface area (Å²) < 4.78 is 13.7. The van der Waals surface area contributed by atoms with Gasteiger partial charge < -0.3 is 4.90 Å². The maximum absolute atomic E-state index is 13.7. The number of benzene rings is 1. The summed E-state index contributed by atoms with van der Waals surface area (Å²) in [5.41, 5.74) is 0.954. The molecular weight excluding hydrogens is 217 g/mol. The molecule has 0 aliphatic carbocycles. The lowest BCUT2D eigenvalue weighted by Crippen LogP contribution is -2.39. The van der Waals surface area contributed by atoms with Crippen LogP contribution >= 0.6 is 0 Å². The SMILES string of the molecule is Cc1cccc(F)c1C(=O)N1CCC[C@H](C)C1. The maximum atomic E-state index is 13.7. The molecule has 0 spiro atoms. The lowest BCUT2D eigenvalue weighted by atomic mass is 9.98. The highest BCUT2D eigenvalue weighted by Gasteiger charge is 2.24. The second-order valence-electron chi connectivity index (χ2n) is 4.93. The normalized spacial score (nSPS) is 20.4. The van der Waals surface area contributed by atoms with Crippen molar-refractivity contribution in [2.45, 2.75) is 26.7 Å². The molecule has 0 N–H and O–H groups in total. The van der Waals surface area contributed by atoms with Gasteiger partial charge in [-0.2, -0.15) is 0 Å². The van der Waals surface area contributed by atoms with E-state index in [2.05, 4.69) is 6.92 Å². The van der Waals surface area contributed by atoms with Crippen molar-refractivity contribution in [2.24, 2.45) is 5.92 Å². The first-order valence-corrected chi connectivity index (χ1v) is 6.14. The van der Waals surface area contributed by atoms with Gasteiger partial charge in [0.15, 0.2) is 0 Å². The highest BCUT2D eigenvalue weighted by Crippen LogP contribution is 2.20. The zero-order valence-corrected chi connectivity index (χ0v) is 10.4. The van der Waals surface area contributed by atoms with E-state index in [0.717, 1.165) is 25.9 Å². The maximum Gasteiger partial charge on any atom is 0.257 e. The van der Waals surface area contributed by atoms with Gasteiger partial charge in [0.2, 0.25) is 0 Å². The van der Waals surface area contributed by atoms with Gasteiger partial charge in [0.25, 0.3) is 5.91 Å². The third-order valence-corrected chi connectivity index (χ3v) is 3.38. The van der Waals surface area contributed by atoms with E-state index >= 15 is 0 Å². The van der Waals surface area contributed by atoms with Crippen LogP contribution in [0.1, 0.15) is 35.7 Å². The van der Waals surface area contributed by atoms with Crippen LogP contribution in [-0.2, 0) is 0 Å². The molecule has 1 saturated heterocycles. The first-order valence-electron chi connectivity index (χ1n) is 6.14. The van der Waals surface area contributed by atoms with Crippen LogP contribution < -0.4 is 0 Å². The van der Waals surface area contributed by atoms with Crippen molar-refractivity contribution in [3.63, 3.8) is 0 Å². The molecule has 0 aromatic heterocycles. The fraction of sp³-hybridized carbons (Fsp3) is 0.500. The molecule has 3 heteroatoms. The standard InChI is InChI=1S/C14H18FNO/c1-10-5-4-8-16(9-10)14(17)13-11(2)6-3-7-12(13)15/h3,6-7,10H,4-5,8-9H2,1-2H3/t10-/m0/s1. The Morgan fingerprint density at radius 1 is 1.47 bits per heavy atom. The van der Waals surface area contributed by atoms with E-state index in [9.17, 15) is 9.18 Å². The molecule has 0 radical (unpaired) electrons. The Hall–Kier alpha value is -1.38. The van der Waals surface area contributed by atoms with E-state index in [-0.39, 0.29) is 11.5 Å². The molecule has 1 fully saturated rings. The fourth-order valence-electron chi connectivity index (χ4n) is 2.43. The Morgan fingerprint density at radius 2 is 2.24 bits per heavy atom. The van der Waals surface area contributed by atoms with Crippen molar-refractivity contribution >= 4 is 5.91 Å². The lowest BCUT2D eigenvalue weighted by molar-refractivity contribution is 0.0677. The highest BCUT2D eigenvalue weighted by molar-refractivity contribution is 5.96. The number of amides is 1. The summed E-state index contributed by atoms with van der Waals surface area (Å²) in [7, 11) is 0. The number of carbonyl (C=O) groups excluding carboxylic acids is 1. The summed E-state index contributed by atoms with van der Waals surface area (Å²) in [6, 6.07) is 4.78. The molecular formula is C14H18FNO. The number of hydrogen-bond donors (Lipinski definition) is 0. The third kappa shape index (κ3) is 2.48. The van der Waals surface area contributed by atoms with Gasteiger partial charge in [0, 0.05) is 13.1 Å². The number of halogens is 1. The molecule has 1 atom stereocenters. The van der Waals surface area contributed by atoms with E-state index in [0.29, 0.717) is 11.5 Å². The van der Waals surface area contributed by atoms with Gasteiger partial charge in [0.1, 0.15) is 5.82 Å². The minimum absolute atomic E-state index is 0.160. The van der Waals surface area contributed by atoms with Gasteiger partial charge in [-0.1, -0.05) is 19.1 Å². The highest BCUT2D eigenvalue weighted by atomic mass is 19.1. The van der Waals surface area contributed by atoms with Gasteiger partial charge in [-0.15, -0.1) is 0 Å². The minimum Gasteiger partial charge on any atom is -0.338 e. The van der Waals surface area contributed by atoms with E-state index < -0.39 is 5.82 Å². The topological polar surface area (TPSA) is 20.3 Å². The summed E-state index contributed by atoms with van der Waals surface area (Å²) in [5, 5.41) is 0. The van der Waals surface area contributed by atoms with Gasteiger partial charge in [-0.25, -0.2) is 4.39 Å². The molecule has 0 bridgehead atoms. The molecule has 2 rings (SSSR count). The fourth-order valence-corrected chi connectivity index (χ4v) is 2.43. The van der Waals surface area contributed by atoms with Crippen LogP contribution in [0.15, 0.2) is 18.2 Å². The molecule has 2 nitrogen and oxygen atoms in total. The molecule has 17 heavy (non-hydrogen) atoms. The van der Waals surface area contributed by atoms with Crippen LogP contribution in [0.3, 0.4) is 0 Å². The third-order valence-electron chi connectivity index (χ3n) is 3.38. The van der Waals surface area contributed by atoms with Crippen molar-refractivity contribution in [3.05, 3.63) is 35.1 Å². The molecule has 1 aromatic rings. The van der Waals surface area contributed by atoms with Crippen LogP contribution in [-0.4, -0.2) is 23.9 Å². The predicted octanol–water partition coefficient (Wildman–Crippen LogP) is 3.01. The lowest BCUT2D eigenvalue weighted by Gasteiger charge is -2.31. The van der Waals surface area contributed by atoms with Gasteiger partial charge >= 0.3 is 0 Å². The van der Waals surface area contributed by atoms with Crippen LogP contribution in [0.2, 0.25) is 0 Å². The van der Waals surface area contributed by atoms with Crippen molar-refractivity contribution in [3.8, 4) is 0 Å². The van der Waals surface area contributed by atoms with Crippen LogP contribution in [0, 0.1) is 18.7 Å². The zero-order valence-electron chi connectivity index (χ0n) is 10.4.